The maximum Gasteiger partial charge on any atom is 0.292 e. The molecule has 3 rings (SSSR count). The first-order valence-corrected chi connectivity index (χ1v) is 7.37. The highest BCUT2D eigenvalue weighted by molar-refractivity contribution is 9.10. The predicted octanol–water partition coefficient (Wildman–Crippen LogP) is 2.55. The Kier molecular flexibility index (Phi) is 3.45. The summed E-state index contributed by atoms with van der Waals surface area (Å²) in [6.07, 6.45) is 2.42. The van der Waals surface area contributed by atoms with E-state index in [-0.39, 0.29) is 10.6 Å². The molecule has 0 aliphatic carbocycles. The van der Waals surface area contributed by atoms with Crippen molar-refractivity contribution in [3.8, 4) is 0 Å². The van der Waals surface area contributed by atoms with Crippen LogP contribution in [0.1, 0.15) is 12.8 Å². The van der Waals surface area contributed by atoms with E-state index in [0.29, 0.717) is 12.0 Å². The maximum atomic E-state index is 11.2. The molecule has 5 nitrogen and oxygen atoms in total. The van der Waals surface area contributed by atoms with Crippen molar-refractivity contribution >= 4 is 27.3 Å². The number of halogens is 1. The van der Waals surface area contributed by atoms with Gasteiger partial charge in [0.05, 0.1) is 4.92 Å². The molecule has 0 aromatic heterocycles. The molecule has 2 atom stereocenters. The second-order valence-corrected chi connectivity index (χ2v) is 6.17. The number of nitrogens with zero attached hydrogens (tertiary/aromatic N) is 2. The number of benzene rings is 1. The van der Waals surface area contributed by atoms with Gasteiger partial charge in [-0.15, -0.1) is 0 Å². The fourth-order valence-corrected chi connectivity index (χ4v) is 3.50. The summed E-state index contributed by atoms with van der Waals surface area (Å²) in [5.74, 6) is 0.618. The fraction of sp³-hybridized carbons (Fsp3) is 0.538. The van der Waals surface area contributed by atoms with Crippen LogP contribution in [0, 0.1) is 16.0 Å². The molecule has 1 aromatic carbocycles. The van der Waals surface area contributed by atoms with Gasteiger partial charge in [-0.2, -0.15) is 0 Å². The van der Waals surface area contributed by atoms with Crippen LogP contribution in [0.25, 0.3) is 0 Å². The van der Waals surface area contributed by atoms with Crippen LogP contribution in [0.5, 0.6) is 0 Å². The number of anilines is 1. The zero-order chi connectivity index (χ0) is 13.4. The van der Waals surface area contributed by atoms with Crippen molar-refractivity contribution in [2.24, 2.45) is 5.92 Å². The van der Waals surface area contributed by atoms with Gasteiger partial charge >= 0.3 is 0 Å². The molecule has 19 heavy (non-hydrogen) atoms. The van der Waals surface area contributed by atoms with E-state index in [1.165, 1.54) is 12.8 Å². The van der Waals surface area contributed by atoms with Crippen molar-refractivity contribution in [2.75, 3.05) is 24.5 Å². The van der Waals surface area contributed by atoms with Gasteiger partial charge in [-0.3, -0.25) is 10.1 Å². The van der Waals surface area contributed by atoms with E-state index in [1.807, 2.05) is 6.07 Å². The SMILES string of the molecule is O=[N+]([O-])c1ccc(Br)cc1N1CC2CCCNC2C1. The second-order valence-electron chi connectivity index (χ2n) is 5.26. The summed E-state index contributed by atoms with van der Waals surface area (Å²) >= 11 is 3.40. The summed E-state index contributed by atoms with van der Waals surface area (Å²) in [4.78, 5) is 13.0. The van der Waals surface area contributed by atoms with Crippen molar-refractivity contribution in [1.29, 1.82) is 0 Å². The molecule has 0 bridgehead atoms. The van der Waals surface area contributed by atoms with Gasteiger partial charge < -0.3 is 10.2 Å². The van der Waals surface area contributed by atoms with Crippen LogP contribution in [-0.4, -0.2) is 30.6 Å². The highest BCUT2D eigenvalue weighted by atomic mass is 79.9. The average Bonchev–Trinajstić information content (AvgIpc) is 2.81. The number of rotatable bonds is 2. The van der Waals surface area contributed by atoms with Crippen LogP contribution in [-0.2, 0) is 0 Å². The van der Waals surface area contributed by atoms with E-state index in [4.69, 9.17) is 0 Å². The molecule has 2 heterocycles. The lowest BCUT2D eigenvalue weighted by molar-refractivity contribution is -0.384. The van der Waals surface area contributed by atoms with E-state index in [9.17, 15) is 10.1 Å². The molecule has 0 spiro atoms. The van der Waals surface area contributed by atoms with Crippen LogP contribution in [0.15, 0.2) is 22.7 Å². The fourth-order valence-electron chi connectivity index (χ4n) is 3.15. The van der Waals surface area contributed by atoms with Crippen molar-refractivity contribution in [3.05, 3.63) is 32.8 Å². The Morgan fingerprint density at radius 1 is 1.42 bits per heavy atom. The first-order chi connectivity index (χ1) is 9.15. The van der Waals surface area contributed by atoms with Gasteiger partial charge in [0, 0.05) is 29.7 Å². The number of nitro benzene ring substituents is 1. The molecule has 2 aliphatic rings. The molecule has 0 amide bonds. The molecular weight excluding hydrogens is 310 g/mol. The van der Waals surface area contributed by atoms with Gasteiger partial charge in [0.2, 0.25) is 0 Å². The largest absolute Gasteiger partial charge is 0.364 e. The Balaban J connectivity index is 1.90. The van der Waals surface area contributed by atoms with E-state index >= 15 is 0 Å². The van der Waals surface area contributed by atoms with E-state index in [2.05, 4.69) is 26.1 Å². The third-order valence-electron chi connectivity index (χ3n) is 4.07. The zero-order valence-electron chi connectivity index (χ0n) is 10.5. The lowest BCUT2D eigenvalue weighted by atomic mass is 9.94. The number of hydrogen-bond acceptors (Lipinski definition) is 4. The lowest BCUT2D eigenvalue weighted by Gasteiger charge is -2.24. The normalized spacial score (nSPS) is 26.3. The molecule has 6 heteroatoms. The van der Waals surface area contributed by atoms with Gasteiger partial charge in [-0.25, -0.2) is 0 Å². The summed E-state index contributed by atoms with van der Waals surface area (Å²) in [7, 11) is 0. The lowest BCUT2D eigenvalue weighted by Crippen LogP contribution is -2.40. The number of fused-ring (bicyclic) bond motifs is 1. The van der Waals surface area contributed by atoms with Crippen molar-refractivity contribution in [2.45, 2.75) is 18.9 Å². The van der Waals surface area contributed by atoms with Gasteiger partial charge in [0.25, 0.3) is 5.69 Å². The van der Waals surface area contributed by atoms with Crippen LogP contribution in [0.4, 0.5) is 11.4 Å². The third kappa shape index (κ3) is 2.47. The Morgan fingerprint density at radius 2 is 2.26 bits per heavy atom. The molecule has 2 fully saturated rings. The smallest absolute Gasteiger partial charge is 0.292 e. The predicted molar refractivity (Wildman–Crippen MR) is 77.5 cm³/mol. The average molecular weight is 326 g/mol. The molecule has 1 N–H and O–H groups in total. The first kappa shape index (κ1) is 12.9. The Morgan fingerprint density at radius 3 is 3.00 bits per heavy atom. The summed E-state index contributed by atoms with van der Waals surface area (Å²) in [6.45, 7) is 2.84. The van der Waals surface area contributed by atoms with Crippen molar-refractivity contribution in [1.82, 2.24) is 5.32 Å². The highest BCUT2D eigenvalue weighted by Gasteiger charge is 2.36. The number of nitro groups is 1. The topological polar surface area (TPSA) is 58.4 Å². The molecule has 2 saturated heterocycles. The number of hydrogen-bond donors (Lipinski definition) is 1. The van der Waals surface area contributed by atoms with Crippen LogP contribution >= 0.6 is 15.9 Å². The van der Waals surface area contributed by atoms with Crippen LogP contribution in [0.3, 0.4) is 0 Å². The Bertz CT molecular complexity index is 495. The van der Waals surface area contributed by atoms with Crippen molar-refractivity contribution in [3.63, 3.8) is 0 Å². The molecule has 102 valence electrons. The molecule has 0 radical (unpaired) electrons. The molecule has 1 aromatic rings. The van der Waals surface area contributed by atoms with Gasteiger partial charge in [-0.1, -0.05) is 15.9 Å². The Hall–Kier alpha value is -1.14. The monoisotopic (exact) mass is 325 g/mol. The second kappa shape index (κ2) is 5.09. The standard InChI is InChI=1S/C13H16BrN3O2/c14-10-3-4-12(17(18)19)13(6-10)16-7-9-2-1-5-15-11(9)8-16/h3-4,6,9,11,15H,1-2,5,7-8H2. The first-order valence-electron chi connectivity index (χ1n) is 6.57. The maximum absolute atomic E-state index is 11.2. The summed E-state index contributed by atoms with van der Waals surface area (Å²) in [5, 5.41) is 14.7. The number of piperidine rings is 1. The van der Waals surface area contributed by atoms with Gasteiger partial charge in [0.1, 0.15) is 5.69 Å². The Labute approximate surface area is 120 Å². The summed E-state index contributed by atoms with van der Waals surface area (Å²) in [5.41, 5.74) is 0.928. The van der Waals surface area contributed by atoms with Gasteiger partial charge in [-0.05, 0) is 37.4 Å². The molecule has 0 saturated carbocycles. The van der Waals surface area contributed by atoms with Gasteiger partial charge in [0.15, 0.2) is 0 Å². The quantitative estimate of drug-likeness (QED) is 0.670. The summed E-state index contributed by atoms with van der Waals surface area (Å²) in [6, 6.07) is 5.64. The van der Waals surface area contributed by atoms with E-state index in [0.717, 1.165) is 29.8 Å². The van der Waals surface area contributed by atoms with E-state index in [1.54, 1.807) is 12.1 Å². The summed E-state index contributed by atoms with van der Waals surface area (Å²) < 4.78 is 0.885. The highest BCUT2D eigenvalue weighted by Crippen LogP contribution is 2.36. The van der Waals surface area contributed by atoms with E-state index < -0.39 is 0 Å². The number of nitrogens with one attached hydrogen (secondary N) is 1. The minimum absolute atomic E-state index is 0.196. The van der Waals surface area contributed by atoms with Crippen molar-refractivity contribution < 1.29 is 4.92 Å². The third-order valence-corrected chi connectivity index (χ3v) is 4.57. The molecule has 2 aliphatic heterocycles. The minimum atomic E-state index is -0.294. The van der Waals surface area contributed by atoms with Crippen LogP contribution in [0.2, 0.25) is 0 Å². The van der Waals surface area contributed by atoms with Crippen LogP contribution < -0.4 is 10.2 Å². The minimum Gasteiger partial charge on any atom is -0.364 e. The zero-order valence-corrected chi connectivity index (χ0v) is 12.1. The molecular formula is C13H16BrN3O2. The molecule has 2 unspecified atom stereocenters.